The van der Waals surface area contributed by atoms with Gasteiger partial charge in [-0.1, -0.05) is 23.7 Å². The van der Waals surface area contributed by atoms with Crippen molar-refractivity contribution in [2.75, 3.05) is 50.1 Å². The molecule has 2 aromatic rings. The van der Waals surface area contributed by atoms with E-state index in [4.69, 9.17) is 28.6 Å². The Labute approximate surface area is 175 Å². The number of para-hydroxylation sites is 1. The average molecular weight is 420 g/mol. The average Bonchev–Trinajstić information content (AvgIpc) is 2.68. The van der Waals surface area contributed by atoms with Gasteiger partial charge in [0.2, 0.25) is 0 Å². The number of likely N-dealkylation sites (N-methyl/N-ethyl adjacent to an activating group) is 1. The number of nitrogens with zero attached hydrogens (tertiary/aromatic N) is 1. The molecule has 0 bridgehead atoms. The molecule has 0 saturated carbocycles. The first-order valence-electron chi connectivity index (χ1n) is 9.16. The predicted molar refractivity (Wildman–Crippen MR) is 117 cm³/mol. The summed E-state index contributed by atoms with van der Waals surface area (Å²) < 4.78 is 5.40. The van der Waals surface area contributed by atoms with Crippen molar-refractivity contribution >= 4 is 46.2 Å². The van der Waals surface area contributed by atoms with Gasteiger partial charge in [0.1, 0.15) is 5.75 Å². The van der Waals surface area contributed by atoms with Crippen LogP contribution in [0, 0.1) is 0 Å². The first-order valence-corrected chi connectivity index (χ1v) is 9.94. The molecule has 0 radical (unpaired) electrons. The van der Waals surface area contributed by atoms with Crippen LogP contribution in [0.4, 0.5) is 11.4 Å². The van der Waals surface area contributed by atoms with Crippen molar-refractivity contribution in [2.24, 2.45) is 0 Å². The van der Waals surface area contributed by atoms with Crippen LogP contribution in [-0.4, -0.2) is 50.9 Å². The van der Waals surface area contributed by atoms with Crippen molar-refractivity contribution in [2.45, 2.75) is 0 Å². The summed E-state index contributed by atoms with van der Waals surface area (Å²) in [6.07, 6.45) is 0. The number of amides is 1. The lowest BCUT2D eigenvalue weighted by molar-refractivity contribution is -0.880. The molecule has 3 N–H and O–H groups in total. The number of benzene rings is 2. The number of carbonyl (C=O) groups excluding carboxylic acids is 1. The van der Waals surface area contributed by atoms with Crippen molar-refractivity contribution < 1.29 is 14.4 Å². The first-order chi connectivity index (χ1) is 13.5. The second-order valence-corrected chi connectivity index (χ2v) is 7.53. The van der Waals surface area contributed by atoms with Crippen LogP contribution in [0.15, 0.2) is 48.5 Å². The lowest BCUT2D eigenvalue weighted by Crippen LogP contribution is -3.12. The van der Waals surface area contributed by atoms with Gasteiger partial charge in [-0.15, -0.1) is 0 Å². The topological polar surface area (TPSA) is 58.0 Å². The van der Waals surface area contributed by atoms with Gasteiger partial charge >= 0.3 is 0 Å². The van der Waals surface area contributed by atoms with Gasteiger partial charge in [0.15, 0.2) is 11.7 Å². The number of rotatable bonds is 5. The molecule has 1 amide bonds. The number of halogens is 1. The van der Waals surface area contributed by atoms with Crippen LogP contribution in [0.5, 0.6) is 5.75 Å². The molecule has 1 aliphatic rings. The predicted octanol–water partition coefficient (Wildman–Crippen LogP) is 1.57. The number of piperazine rings is 1. The highest BCUT2D eigenvalue weighted by atomic mass is 35.5. The summed E-state index contributed by atoms with van der Waals surface area (Å²) in [7, 11) is 2.22. The van der Waals surface area contributed by atoms with Crippen molar-refractivity contribution in [1.82, 2.24) is 5.32 Å². The molecule has 0 spiro atoms. The lowest BCUT2D eigenvalue weighted by atomic mass is 10.2. The van der Waals surface area contributed by atoms with Gasteiger partial charge in [0, 0.05) is 11.4 Å². The molecule has 8 heteroatoms. The highest BCUT2D eigenvalue weighted by Crippen LogP contribution is 2.22. The Bertz CT molecular complexity index is 823. The number of anilines is 2. The van der Waals surface area contributed by atoms with Crippen LogP contribution in [0.2, 0.25) is 5.02 Å². The molecule has 28 heavy (non-hydrogen) atoms. The van der Waals surface area contributed by atoms with Gasteiger partial charge in [0.05, 0.1) is 38.2 Å². The van der Waals surface area contributed by atoms with E-state index >= 15 is 0 Å². The Balaban J connectivity index is 1.45. The van der Waals surface area contributed by atoms with E-state index in [2.05, 4.69) is 34.7 Å². The van der Waals surface area contributed by atoms with E-state index in [0.29, 0.717) is 10.8 Å². The summed E-state index contributed by atoms with van der Waals surface area (Å²) in [5, 5.41) is 6.30. The normalized spacial score (nSPS) is 14.4. The summed E-state index contributed by atoms with van der Waals surface area (Å²) in [5.41, 5.74) is 2.02. The molecular weight excluding hydrogens is 396 g/mol. The highest BCUT2D eigenvalue weighted by Gasteiger charge is 2.16. The third-order valence-corrected chi connectivity index (χ3v) is 5.07. The molecule has 0 aromatic heterocycles. The van der Waals surface area contributed by atoms with Crippen LogP contribution >= 0.6 is 23.8 Å². The monoisotopic (exact) mass is 419 g/mol. The number of hydrogen-bond donors (Lipinski definition) is 3. The minimum atomic E-state index is -0.353. The molecule has 0 aliphatic carbocycles. The maximum absolute atomic E-state index is 12.0. The SMILES string of the molecule is C[NH+]1CCN(c2ccc(NC(=S)NC(=O)COc3ccccc3Cl)cc2)CC1. The number of thiocarbonyl (C=S) groups is 1. The molecule has 0 atom stereocenters. The summed E-state index contributed by atoms with van der Waals surface area (Å²) in [6, 6.07) is 15.0. The fourth-order valence-corrected chi connectivity index (χ4v) is 3.35. The van der Waals surface area contributed by atoms with E-state index in [0.717, 1.165) is 31.9 Å². The molecule has 3 rings (SSSR count). The second kappa shape index (κ2) is 9.73. The van der Waals surface area contributed by atoms with Crippen LogP contribution in [0.25, 0.3) is 0 Å². The van der Waals surface area contributed by atoms with Crippen molar-refractivity contribution in [3.05, 3.63) is 53.6 Å². The first kappa shape index (κ1) is 20.4. The third-order valence-electron chi connectivity index (χ3n) is 4.56. The van der Waals surface area contributed by atoms with Gasteiger partial charge in [-0.05, 0) is 48.6 Å². The van der Waals surface area contributed by atoms with E-state index in [1.807, 2.05) is 12.1 Å². The molecule has 2 aromatic carbocycles. The minimum absolute atomic E-state index is 0.171. The van der Waals surface area contributed by atoms with E-state index in [-0.39, 0.29) is 17.6 Å². The van der Waals surface area contributed by atoms with Crippen LogP contribution in [0.3, 0.4) is 0 Å². The van der Waals surface area contributed by atoms with Gasteiger partial charge in [0.25, 0.3) is 5.91 Å². The Morgan fingerprint density at radius 3 is 2.54 bits per heavy atom. The lowest BCUT2D eigenvalue weighted by Gasteiger charge is -2.31. The van der Waals surface area contributed by atoms with Gasteiger partial charge in [-0.2, -0.15) is 0 Å². The van der Waals surface area contributed by atoms with E-state index in [1.165, 1.54) is 5.69 Å². The molecule has 1 fully saturated rings. The molecule has 6 nitrogen and oxygen atoms in total. The minimum Gasteiger partial charge on any atom is -0.482 e. The Morgan fingerprint density at radius 2 is 1.86 bits per heavy atom. The van der Waals surface area contributed by atoms with E-state index < -0.39 is 0 Å². The zero-order chi connectivity index (χ0) is 19.9. The Morgan fingerprint density at radius 1 is 1.18 bits per heavy atom. The fraction of sp³-hybridized carbons (Fsp3) is 0.300. The fourth-order valence-electron chi connectivity index (χ4n) is 2.93. The molecule has 1 aliphatic heterocycles. The standard InChI is InChI=1S/C20H23ClN4O2S/c1-24-10-12-25(13-11-24)16-8-6-15(7-9-16)22-20(28)23-19(26)14-27-18-5-3-2-4-17(18)21/h2-9H,10-14H2,1H3,(H2,22,23,26,28)/p+1. The largest absolute Gasteiger partial charge is 0.482 e. The van der Waals surface area contributed by atoms with Crippen molar-refractivity contribution in [3.63, 3.8) is 0 Å². The maximum atomic E-state index is 12.0. The van der Waals surface area contributed by atoms with Crippen LogP contribution in [0.1, 0.15) is 0 Å². The van der Waals surface area contributed by atoms with Crippen molar-refractivity contribution in [1.29, 1.82) is 0 Å². The van der Waals surface area contributed by atoms with E-state index in [9.17, 15) is 4.79 Å². The van der Waals surface area contributed by atoms with Gasteiger partial charge < -0.3 is 19.9 Å². The summed E-state index contributed by atoms with van der Waals surface area (Å²) in [5.74, 6) is 0.105. The molecule has 0 unspecified atom stereocenters. The quantitative estimate of drug-likeness (QED) is 0.642. The Hall–Kier alpha value is -2.35. The zero-order valence-electron chi connectivity index (χ0n) is 15.7. The highest BCUT2D eigenvalue weighted by molar-refractivity contribution is 7.80. The zero-order valence-corrected chi connectivity index (χ0v) is 17.3. The Kier molecular flexibility index (Phi) is 7.08. The van der Waals surface area contributed by atoms with Gasteiger partial charge in [-0.25, -0.2) is 0 Å². The number of carbonyl (C=O) groups is 1. The van der Waals surface area contributed by atoms with Crippen LogP contribution in [-0.2, 0) is 4.79 Å². The maximum Gasteiger partial charge on any atom is 0.264 e. The summed E-state index contributed by atoms with van der Waals surface area (Å²) in [4.78, 5) is 15.9. The van der Waals surface area contributed by atoms with Crippen molar-refractivity contribution in [3.8, 4) is 5.75 Å². The molecule has 148 valence electrons. The summed E-state index contributed by atoms with van der Waals surface area (Å²) >= 11 is 11.2. The number of nitrogens with one attached hydrogen (secondary N) is 3. The summed E-state index contributed by atoms with van der Waals surface area (Å²) in [6.45, 7) is 4.23. The third kappa shape index (κ3) is 5.82. The second-order valence-electron chi connectivity index (χ2n) is 6.71. The van der Waals surface area contributed by atoms with Gasteiger partial charge in [-0.3, -0.25) is 10.1 Å². The van der Waals surface area contributed by atoms with Crippen LogP contribution < -0.4 is 25.2 Å². The van der Waals surface area contributed by atoms with E-state index in [1.54, 1.807) is 29.2 Å². The smallest absolute Gasteiger partial charge is 0.264 e. The number of ether oxygens (including phenoxy) is 1. The number of hydrogen-bond acceptors (Lipinski definition) is 4. The molecule has 1 saturated heterocycles. The number of quaternary nitrogens is 1. The molecular formula is C20H24ClN4O2S+. The molecule has 1 heterocycles.